The zero-order valence-corrected chi connectivity index (χ0v) is 28.5. The molecule has 2 aliphatic rings. The van der Waals surface area contributed by atoms with Crippen molar-refractivity contribution < 1.29 is 37.7 Å². The topological polar surface area (TPSA) is 122 Å². The molecule has 2 fully saturated rings. The maximum atomic E-state index is 14.3. The maximum absolute atomic E-state index is 14.3. The van der Waals surface area contributed by atoms with E-state index in [0.29, 0.717) is 70.8 Å². The Morgan fingerprint density at radius 1 is 1.09 bits per heavy atom. The lowest BCUT2D eigenvalue weighted by atomic mass is 9.91. The number of ether oxygens (including phenoxy) is 3. The number of aliphatic hydroxyl groups is 1. The second-order valence-electron chi connectivity index (χ2n) is 13.8. The lowest BCUT2D eigenvalue weighted by Crippen LogP contribution is -2.58. The van der Waals surface area contributed by atoms with E-state index >= 15 is 0 Å². The molecule has 12 nitrogen and oxygen atoms in total. The van der Waals surface area contributed by atoms with Crippen molar-refractivity contribution in [3.63, 3.8) is 0 Å². The Labute approximate surface area is 275 Å². The van der Waals surface area contributed by atoms with Crippen LogP contribution in [0.4, 0.5) is 13.6 Å². The largest absolute Gasteiger partial charge is 0.444 e. The average Bonchev–Trinajstić information content (AvgIpc) is 3.44. The van der Waals surface area contributed by atoms with Crippen molar-refractivity contribution in [1.29, 1.82) is 0 Å². The normalized spacial score (nSPS) is 19.8. The third-order valence-electron chi connectivity index (χ3n) is 8.25. The Balaban J connectivity index is 1.71. The van der Waals surface area contributed by atoms with Gasteiger partial charge >= 0.3 is 6.09 Å². The Hall–Kier alpha value is -3.20. The lowest BCUT2D eigenvalue weighted by molar-refractivity contribution is -0.144. The summed E-state index contributed by atoms with van der Waals surface area (Å²) in [4.78, 5) is 32.4. The number of carbonyl (C=O) groups is 2. The highest BCUT2D eigenvalue weighted by Crippen LogP contribution is 2.32. The van der Waals surface area contributed by atoms with E-state index in [0.717, 1.165) is 6.07 Å². The van der Waals surface area contributed by atoms with Gasteiger partial charge in [0.1, 0.15) is 22.9 Å². The number of aliphatic hydroxyl groups excluding tert-OH is 1. The van der Waals surface area contributed by atoms with Crippen LogP contribution in [0.2, 0.25) is 0 Å². The summed E-state index contributed by atoms with van der Waals surface area (Å²) in [5, 5.41) is 20.7. The van der Waals surface area contributed by atoms with Crippen molar-refractivity contribution in [2.24, 2.45) is 11.8 Å². The Morgan fingerprint density at radius 3 is 2.38 bits per heavy atom. The van der Waals surface area contributed by atoms with Crippen LogP contribution < -0.4 is 0 Å². The van der Waals surface area contributed by atoms with Crippen molar-refractivity contribution in [3.8, 4) is 5.69 Å². The van der Waals surface area contributed by atoms with Crippen LogP contribution in [0.15, 0.2) is 18.2 Å². The molecule has 0 saturated carbocycles. The van der Waals surface area contributed by atoms with E-state index in [4.69, 9.17) is 14.2 Å². The van der Waals surface area contributed by atoms with Crippen LogP contribution in [-0.2, 0) is 25.4 Å². The summed E-state index contributed by atoms with van der Waals surface area (Å²) in [7, 11) is 1.61. The van der Waals surface area contributed by atoms with Crippen molar-refractivity contribution in [1.82, 2.24) is 29.7 Å². The third-order valence-corrected chi connectivity index (χ3v) is 8.25. The smallest absolute Gasteiger partial charge is 0.410 e. The van der Waals surface area contributed by atoms with Crippen LogP contribution in [0.5, 0.6) is 0 Å². The van der Waals surface area contributed by atoms with Crippen molar-refractivity contribution in [2.75, 3.05) is 59.7 Å². The molecule has 0 unspecified atom stereocenters. The van der Waals surface area contributed by atoms with Gasteiger partial charge in [-0.15, -0.1) is 5.10 Å². The molecule has 4 rings (SSSR count). The number of unbranched alkanes of at least 4 members (excludes halogenated alkanes) is 1. The quantitative estimate of drug-likeness (QED) is 0.266. The van der Waals surface area contributed by atoms with E-state index in [-0.39, 0.29) is 36.3 Å². The van der Waals surface area contributed by atoms with Crippen LogP contribution in [-0.4, -0.2) is 118 Å². The molecule has 1 aromatic heterocycles. The van der Waals surface area contributed by atoms with Gasteiger partial charge in [-0.25, -0.2) is 18.3 Å². The Morgan fingerprint density at radius 2 is 1.77 bits per heavy atom. The van der Waals surface area contributed by atoms with E-state index < -0.39 is 41.5 Å². The number of aromatic nitrogens is 3. The first-order valence-corrected chi connectivity index (χ1v) is 16.5. The predicted octanol–water partition coefficient (Wildman–Crippen LogP) is 3.95. The third kappa shape index (κ3) is 9.91. The van der Waals surface area contributed by atoms with Crippen LogP contribution in [0.3, 0.4) is 0 Å². The predicted molar refractivity (Wildman–Crippen MR) is 170 cm³/mol. The molecular weight excluding hydrogens is 614 g/mol. The SMILES string of the molecule is COCCCCc1c([C@@H](O)N(CC(C)C)[C@H]2C[C@@H](C(=O)N3CCOCC3)CN(C(=O)OC(C)(C)C)C2)nnn1-c1cc(F)cc(F)c1. The molecular formula is C33H50F2N6O6. The number of halogens is 2. The molecule has 3 heterocycles. The summed E-state index contributed by atoms with van der Waals surface area (Å²) < 4.78 is 46.3. The summed E-state index contributed by atoms with van der Waals surface area (Å²) in [5.41, 5.74) is 0.166. The zero-order valence-electron chi connectivity index (χ0n) is 28.5. The second kappa shape index (κ2) is 16.3. The molecule has 14 heteroatoms. The minimum absolute atomic E-state index is 0.0662. The van der Waals surface area contributed by atoms with Gasteiger partial charge in [0.05, 0.1) is 30.5 Å². The van der Waals surface area contributed by atoms with Crippen LogP contribution in [0.1, 0.15) is 71.5 Å². The number of nitrogens with zero attached hydrogens (tertiary/aromatic N) is 6. The van der Waals surface area contributed by atoms with E-state index in [2.05, 4.69) is 10.3 Å². The molecule has 0 aliphatic carbocycles. The van der Waals surface area contributed by atoms with Gasteiger partial charge in [-0.1, -0.05) is 19.1 Å². The number of rotatable bonds is 12. The van der Waals surface area contributed by atoms with Gasteiger partial charge in [0, 0.05) is 58.5 Å². The molecule has 3 atom stereocenters. The summed E-state index contributed by atoms with van der Waals surface area (Å²) >= 11 is 0. The first-order valence-electron chi connectivity index (χ1n) is 16.5. The number of likely N-dealkylation sites (tertiary alicyclic amines) is 1. The summed E-state index contributed by atoms with van der Waals surface area (Å²) in [6.45, 7) is 12.6. The number of piperidine rings is 1. The standard InChI is InChI=1S/C33H50F2N6O6/c1-22(2)19-40(27-15-23(30(42)38-10-13-46-14-11-38)20-39(21-27)32(44)47-33(3,4)5)31(43)29-28(9-7-8-12-45-6)41(37-36-29)26-17-24(34)16-25(35)18-26/h16-18,22-23,27,31,43H,7-15,19-21H2,1-6H3/t23-,27+,31-/m1/s1. The minimum atomic E-state index is -1.29. The zero-order chi connectivity index (χ0) is 34.3. The molecule has 0 bridgehead atoms. The fourth-order valence-corrected chi connectivity index (χ4v) is 6.19. The highest BCUT2D eigenvalue weighted by Gasteiger charge is 2.42. The molecule has 1 N–H and O–H groups in total. The Kier molecular flexibility index (Phi) is 12.7. The highest BCUT2D eigenvalue weighted by atomic mass is 19.1. The minimum Gasteiger partial charge on any atom is -0.444 e. The van der Waals surface area contributed by atoms with Crippen molar-refractivity contribution >= 4 is 12.0 Å². The summed E-state index contributed by atoms with van der Waals surface area (Å²) in [5.74, 6) is -2.02. The number of hydrogen-bond acceptors (Lipinski definition) is 9. The highest BCUT2D eigenvalue weighted by molar-refractivity contribution is 5.80. The molecule has 0 spiro atoms. The first-order chi connectivity index (χ1) is 22.3. The van der Waals surface area contributed by atoms with Crippen LogP contribution >= 0.6 is 0 Å². The molecule has 1 aromatic carbocycles. The lowest BCUT2D eigenvalue weighted by Gasteiger charge is -2.45. The monoisotopic (exact) mass is 664 g/mol. The van der Waals surface area contributed by atoms with Crippen LogP contribution in [0, 0.1) is 23.5 Å². The molecule has 47 heavy (non-hydrogen) atoms. The molecule has 2 saturated heterocycles. The number of carbonyl (C=O) groups excluding carboxylic acids is 2. The average molecular weight is 665 g/mol. The maximum Gasteiger partial charge on any atom is 0.410 e. The fourth-order valence-electron chi connectivity index (χ4n) is 6.19. The number of hydrogen-bond donors (Lipinski definition) is 1. The number of amides is 2. The van der Waals surface area contributed by atoms with E-state index in [1.807, 2.05) is 18.7 Å². The second-order valence-corrected chi connectivity index (χ2v) is 13.8. The number of methoxy groups -OCH3 is 1. The van der Waals surface area contributed by atoms with Gasteiger partial charge in [-0.2, -0.15) is 0 Å². The van der Waals surface area contributed by atoms with E-state index in [1.54, 1.807) is 37.7 Å². The molecule has 0 radical (unpaired) electrons. The summed E-state index contributed by atoms with van der Waals surface area (Å²) in [6.07, 6.45) is 0.344. The van der Waals surface area contributed by atoms with Crippen LogP contribution in [0.25, 0.3) is 5.69 Å². The van der Waals surface area contributed by atoms with E-state index in [9.17, 15) is 23.5 Å². The van der Waals surface area contributed by atoms with Crippen molar-refractivity contribution in [2.45, 2.75) is 78.2 Å². The van der Waals surface area contributed by atoms with Gasteiger partial charge in [0.2, 0.25) is 5.91 Å². The van der Waals surface area contributed by atoms with Crippen molar-refractivity contribution in [3.05, 3.63) is 41.2 Å². The van der Waals surface area contributed by atoms with Gasteiger partial charge in [0.25, 0.3) is 0 Å². The van der Waals surface area contributed by atoms with E-state index in [1.165, 1.54) is 16.8 Å². The fraction of sp³-hybridized carbons (Fsp3) is 0.697. The van der Waals surface area contributed by atoms with Gasteiger partial charge in [-0.3, -0.25) is 9.69 Å². The molecule has 2 aliphatic heterocycles. The number of benzene rings is 1. The summed E-state index contributed by atoms with van der Waals surface area (Å²) in [6, 6.07) is 2.68. The molecule has 262 valence electrons. The molecule has 2 aromatic rings. The van der Waals surface area contributed by atoms with Gasteiger partial charge < -0.3 is 29.1 Å². The first kappa shape index (κ1) is 36.6. The number of morpholine rings is 1. The van der Waals surface area contributed by atoms with Gasteiger partial charge in [0.15, 0.2) is 6.23 Å². The molecule has 2 amide bonds. The van der Waals surface area contributed by atoms with Gasteiger partial charge in [-0.05, 0) is 64.5 Å². The Bertz CT molecular complexity index is 1330.